The minimum absolute atomic E-state index is 0.173. The van der Waals surface area contributed by atoms with Crippen molar-refractivity contribution < 1.29 is 8.42 Å². The van der Waals surface area contributed by atoms with Crippen molar-refractivity contribution in [2.24, 2.45) is 5.73 Å². The zero-order chi connectivity index (χ0) is 13.9. The van der Waals surface area contributed by atoms with Gasteiger partial charge in [-0.15, -0.1) is 22.7 Å². The third kappa shape index (κ3) is 3.43. The van der Waals surface area contributed by atoms with Crippen molar-refractivity contribution in [3.05, 3.63) is 39.4 Å². The van der Waals surface area contributed by atoms with E-state index in [1.54, 1.807) is 22.8 Å². The Balaban J connectivity index is 2.20. The van der Waals surface area contributed by atoms with Gasteiger partial charge in [-0.2, -0.15) is 0 Å². The average molecular weight is 316 g/mol. The molecule has 2 aromatic rings. The molecule has 0 saturated carbocycles. The van der Waals surface area contributed by atoms with Crippen LogP contribution in [0.2, 0.25) is 0 Å². The highest BCUT2D eigenvalue weighted by molar-refractivity contribution is 7.91. The van der Waals surface area contributed by atoms with Gasteiger partial charge in [0.1, 0.15) is 4.21 Å². The van der Waals surface area contributed by atoms with Crippen LogP contribution in [-0.4, -0.2) is 8.42 Å². The van der Waals surface area contributed by atoms with Gasteiger partial charge >= 0.3 is 0 Å². The van der Waals surface area contributed by atoms with Crippen molar-refractivity contribution in [2.45, 2.75) is 30.1 Å². The molecule has 0 bridgehead atoms. The van der Waals surface area contributed by atoms with Crippen molar-refractivity contribution in [3.8, 4) is 0 Å². The third-order valence-electron chi connectivity index (χ3n) is 2.72. The van der Waals surface area contributed by atoms with Crippen molar-refractivity contribution in [1.82, 2.24) is 4.72 Å². The summed E-state index contributed by atoms with van der Waals surface area (Å²) in [5.41, 5.74) is 6.35. The molecule has 0 radical (unpaired) electrons. The molecule has 1 unspecified atom stereocenters. The van der Waals surface area contributed by atoms with Gasteiger partial charge in [-0.1, -0.05) is 13.0 Å². The van der Waals surface area contributed by atoms with Gasteiger partial charge in [0.25, 0.3) is 10.0 Å². The molecule has 1 atom stereocenters. The summed E-state index contributed by atoms with van der Waals surface area (Å²) in [5.74, 6) is 0. The largest absolute Gasteiger partial charge is 0.326 e. The predicted molar refractivity (Wildman–Crippen MR) is 79.9 cm³/mol. The lowest BCUT2D eigenvalue weighted by Crippen LogP contribution is -2.27. The Morgan fingerprint density at radius 1 is 1.42 bits per heavy atom. The number of hydrogen-bond acceptors (Lipinski definition) is 5. The molecule has 0 saturated heterocycles. The first-order valence-corrected chi connectivity index (χ1v) is 9.14. The van der Waals surface area contributed by atoms with Crippen LogP contribution in [0.5, 0.6) is 0 Å². The molecule has 0 aliphatic rings. The van der Waals surface area contributed by atoms with Gasteiger partial charge in [-0.05, 0) is 34.9 Å². The Hall–Kier alpha value is -0.730. The summed E-state index contributed by atoms with van der Waals surface area (Å²) in [6.07, 6.45) is 0.717. The zero-order valence-electron chi connectivity index (χ0n) is 10.5. The molecule has 2 heterocycles. The topological polar surface area (TPSA) is 72.2 Å². The number of nitrogens with two attached hydrogens (primary N) is 1. The Kier molecular flexibility index (Phi) is 4.75. The van der Waals surface area contributed by atoms with E-state index in [-0.39, 0.29) is 6.04 Å². The molecular formula is C12H16N2O2S3. The van der Waals surface area contributed by atoms with E-state index in [0.717, 1.165) is 16.9 Å². The van der Waals surface area contributed by atoms with Crippen LogP contribution >= 0.6 is 22.7 Å². The highest BCUT2D eigenvalue weighted by atomic mass is 32.2. The van der Waals surface area contributed by atoms with E-state index < -0.39 is 10.0 Å². The first-order valence-electron chi connectivity index (χ1n) is 5.90. The molecule has 0 aromatic carbocycles. The van der Waals surface area contributed by atoms with Gasteiger partial charge in [-0.25, -0.2) is 13.1 Å². The molecule has 0 fully saturated rings. The van der Waals surface area contributed by atoms with Gasteiger partial charge in [0.15, 0.2) is 0 Å². The van der Waals surface area contributed by atoms with E-state index >= 15 is 0 Å². The second-order valence-corrected chi connectivity index (χ2v) is 7.91. The summed E-state index contributed by atoms with van der Waals surface area (Å²) < 4.78 is 27.7. The first kappa shape index (κ1) is 14.7. The second kappa shape index (κ2) is 6.15. The van der Waals surface area contributed by atoms with E-state index in [0.29, 0.717) is 10.8 Å². The SMILES string of the molecule is CCC(NS(=O)(=O)c1cc(CN)cs1)c1cccs1. The quantitative estimate of drug-likeness (QED) is 0.860. The van der Waals surface area contributed by atoms with Crippen LogP contribution < -0.4 is 10.5 Å². The van der Waals surface area contributed by atoms with E-state index in [4.69, 9.17) is 5.73 Å². The Bertz CT molecular complexity index is 617. The molecule has 0 spiro atoms. The van der Waals surface area contributed by atoms with Crippen molar-refractivity contribution in [3.63, 3.8) is 0 Å². The first-order chi connectivity index (χ1) is 9.06. The molecule has 3 N–H and O–H groups in total. The standard InChI is InChI=1S/C12H16N2O2S3/c1-2-10(11-4-3-5-17-11)14-19(15,16)12-6-9(7-13)8-18-12/h3-6,8,10,14H,2,7,13H2,1H3. The molecule has 104 valence electrons. The number of nitrogens with one attached hydrogen (secondary N) is 1. The molecule has 2 rings (SSSR count). The van der Waals surface area contributed by atoms with E-state index in [9.17, 15) is 8.42 Å². The summed E-state index contributed by atoms with van der Waals surface area (Å²) in [7, 11) is -3.47. The van der Waals surface area contributed by atoms with Crippen molar-refractivity contribution >= 4 is 32.7 Å². The molecule has 0 amide bonds. The number of sulfonamides is 1. The second-order valence-electron chi connectivity index (χ2n) is 4.08. The van der Waals surface area contributed by atoms with E-state index in [2.05, 4.69) is 4.72 Å². The lowest BCUT2D eigenvalue weighted by atomic mass is 10.2. The van der Waals surface area contributed by atoms with Crippen LogP contribution in [0.3, 0.4) is 0 Å². The summed E-state index contributed by atoms with van der Waals surface area (Å²) >= 11 is 2.76. The van der Waals surface area contributed by atoms with E-state index in [1.165, 1.54) is 11.3 Å². The van der Waals surface area contributed by atoms with Gasteiger partial charge in [0.2, 0.25) is 0 Å². The summed E-state index contributed by atoms with van der Waals surface area (Å²) in [5, 5.41) is 3.73. The highest BCUT2D eigenvalue weighted by Crippen LogP contribution is 2.26. The highest BCUT2D eigenvalue weighted by Gasteiger charge is 2.22. The molecule has 19 heavy (non-hydrogen) atoms. The van der Waals surface area contributed by atoms with Crippen LogP contribution in [0.15, 0.2) is 33.2 Å². The predicted octanol–water partition coefficient (Wildman–Crippen LogP) is 2.70. The third-order valence-corrected chi connectivity index (χ3v) is 6.67. The lowest BCUT2D eigenvalue weighted by Gasteiger charge is -2.14. The van der Waals surface area contributed by atoms with Crippen LogP contribution in [0.25, 0.3) is 0 Å². The maximum atomic E-state index is 12.3. The number of thiophene rings is 2. The molecule has 2 aromatic heterocycles. The molecule has 0 aliphatic carbocycles. The lowest BCUT2D eigenvalue weighted by molar-refractivity contribution is 0.555. The Morgan fingerprint density at radius 2 is 2.21 bits per heavy atom. The zero-order valence-corrected chi connectivity index (χ0v) is 12.9. The fourth-order valence-corrected chi connectivity index (χ4v) is 5.15. The van der Waals surface area contributed by atoms with Gasteiger partial charge < -0.3 is 5.73 Å². The van der Waals surface area contributed by atoms with Crippen LogP contribution in [-0.2, 0) is 16.6 Å². The number of hydrogen-bond donors (Lipinski definition) is 2. The summed E-state index contributed by atoms with van der Waals surface area (Å²) in [6.45, 7) is 2.32. The van der Waals surface area contributed by atoms with Gasteiger partial charge in [-0.3, -0.25) is 0 Å². The van der Waals surface area contributed by atoms with Crippen LogP contribution in [0.1, 0.15) is 29.8 Å². The maximum Gasteiger partial charge on any atom is 0.250 e. The fourth-order valence-electron chi connectivity index (χ4n) is 1.68. The molecule has 0 aliphatic heterocycles. The normalized spacial score (nSPS) is 13.6. The van der Waals surface area contributed by atoms with Crippen molar-refractivity contribution in [2.75, 3.05) is 0 Å². The minimum Gasteiger partial charge on any atom is -0.326 e. The minimum atomic E-state index is -3.47. The monoisotopic (exact) mass is 316 g/mol. The summed E-state index contributed by atoms with van der Waals surface area (Å²) in [6, 6.07) is 5.33. The molecule has 4 nitrogen and oxygen atoms in total. The summed E-state index contributed by atoms with van der Waals surface area (Å²) in [4.78, 5) is 1.03. The average Bonchev–Trinajstić information content (AvgIpc) is 3.06. The molecular weight excluding hydrogens is 300 g/mol. The van der Waals surface area contributed by atoms with Gasteiger partial charge in [0, 0.05) is 11.4 Å². The van der Waals surface area contributed by atoms with Crippen LogP contribution in [0, 0.1) is 0 Å². The number of rotatable bonds is 6. The fraction of sp³-hybridized carbons (Fsp3) is 0.333. The van der Waals surface area contributed by atoms with Crippen LogP contribution in [0.4, 0.5) is 0 Å². The molecule has 7 heteroatoms. The van der Waals surface area contributed by atoms with E-state index in [1.807, 2.05) is 24.4 Å². The smallest absolute Gasteiger partial charge is 0.250 e. The van der Waals surface area contributed by atoms with Gasteiger partial charge in [0.05, 0.1) is 6.04 Å². The Morgan fingerprint density at radius 3 is 2.74 bits per heavy atom. The Labute approximate surface area is 121 Å². The van der Waals surface area contributed by atoms with Crippen molar-refractivity contribution in [1.29, 1.82) is 0 Å². The maximum absolute atomic E-state index is 12.3.